The lowest BCUT2D eigenvalue weighted by Gasteiger charge is -2.09. The van der Waals surface area contributed by atoms with Crippen molar-refractivity contribution in [3.8, 4) is 5.75 Å². The normalized spacial score (nSPS) is 10.7. The van der Waals surface area contributed by atoms with Gasteiger partial charge in [-0.05, 0) is 36.5 Å². The molecule has 0 spiro atoms. The molecule has 0 aliphatic heterocycles. The molecule has 5 nitrogen and oxygen atoms in total. The van der Waals surface area contributed by atoms with E-state index in [-0.39, 0.29) is 18.0 Å². The highest BCUT2D eigenvalue weighted by Gasteiger charge is 2.15. The second-order valence-electron chi connectivity index (χ2n) is 4.60. The van der Waals surface area contributed by atoms with Gasteiger partial charge in [0, 0.05) is 6.07 Å². The Morgan fingerprint density at radius 2 is 2.17 bits per heavy atom. The van der Waals surface area contributed by atoms with Crippen molar-refractivity contribution in [2.45, 2.75) is 33.3 Å². The third-order valence-corrected chi connectivity index (χ3v) is 2.59. The summed E-state index contributed by atoms with van der Waals surface area (Å²) in [7, 11) is 0. The Bertz CT molecular complexity index is 404. The van der Waals surface area contributed by atoms with E-state index in [1.165, 1.54) is 18.2 Å². The number of ether oxygens (including phenoxy) is 1. The fourth-order valence-corrected chi connectivity index (χ4v) is 1.60. The van der Waals surface area contributed by atoms with E-state index in [1.54, 1.807) is 0 Å². The van der Waals surface area contributed by atoms with E-state index in [1.807, 2.05) is 0 Å². The second kappa shape index (κ2) is 6.96. The predicted molar refractivity (Wildman–Crippen MR) is 68.6 cm³/mol. The zero-order valence-electron chi connectivity index (χ0n) is 10.8. The monoisotopic (exact) mass is 253 g/mol. The Kier molecular flexibility index (Phi) is 5.58. The summed E-state index contributed by atoms with van der Waals surface area (Å²) in [5, 5.41) is 19.8. The number of nitro groups is 1. The molecule has 0 radical (unpaired) electrons. The first kappa shape index (κ1) is 14.4. The van der Waals surface area contributed by atoms with Crippen LogP contribution in [0.4, 0.5) is 5.69 Å². The predicted octanol–water partition coefficient (Wildman–Crippen LogP) is 2.90. The van der Waals surface area contributed by atoms with Gasteiger partial charge >= 0.3 is 5.69 Å². The quantitative estimate of drug-likeness (QED) is 0.460. The summed E-state index contributed by atoms with van der Waals surface area (Å²) in [5.74, 6) is 0.822. The van der Waals surface area contributed by atoms with Gasteiger partial charge in [-0.15, -0.1) is 0 Å². The summed E-state index contributed by atoms with van der Waals surface area (Å²) >= 11 is 0. The first-order chi connectivity index (χ1) is 8.54. The fourth-order valence-electron chi connectivity index (χ4n) is 1.60. The standard InChI is InChI=1S/C13H19NO4/c1-10(2)4-3-7-18-13-8-11(9-15)5-6-12(13)14(16)17/h5-6,8,10,15H,3-4,7,9H2,1-2H3. The van der Waals surface area contributed by atoms with Crippen LogP contribution in [0.15, 0.2) is 18.2 Å². The van der Waals surface area contributed by atoms with E-state index >= 15 is 0 Å². The van der Waals surface area contributed by atoms with E-state index < -0.39 is 4.92 Å². The van der Waals surface area contributed by atoms with Gasteiger partial charge in [-0.25, -0.2) is 0 Å². The second-order valence-corrected chi connectivity index (χ2v) is 4.60. The van der Waals surface area contributed by atoms with Crippen molar-refractivity contribution < 1.29 is 14.8 Å². The minimum Gasteiger partial charge on any atom is -0.487 e. The zero-order chi connectivity index (χ0) is 13.5. The van der Waals surface area contributed by atoms with Gasteiger partial charge in [0.15, 0.2) is 5.75 Å². The summed E-state index contributed by atoms with van der Waals surface area (Å²) in [4.78, 5) is 10.4. The number of benzene rings is 1. The van der Waals surface area contributed by atoms with Crippen molar-refractivity contribution in [1.29, 1.82) is 0 Å². The number of nitrogens with zero attached hydrogens (tertiary/aromatic N) is 1. The molecule has 0 amide bonds. The van der Waals surface area contributed by atoms with E-state index in [2.05, 4.69) is 13.8 Å². The van der Waals surface area contributed by atoms with Crippen LogP contribution in [0.5, 0.6) is 5.75 Å². The van der Waals surface area contributed by atoms with Crippen molar-refractivity contribution in [1.82, 2.24) is 0 Å². The molecule has 1 aromatic carbocycles. The first-order valence-electron chi connectivity index (χ1n) is 6.05. The number of hydrogen-bond acceptors (Lipinski definition) is 4. The Morgan fingerprint density at radius 3 is 2.72 bits per heavy atom. The molecule has 0 saturated carbocycles. The summed E-state index contributed by atoms with van der Waals surface area (Å²) in [6.07, 6.45) is 1.88. The molecule has 0 aliphatic rings. The van der Waals surface area contributed by atoms with Crippen molar-refractivity contribution in [2.75, 3.05) is 6.61 Å². The molecular weight excluding hydrogens is 234 g/mol. The van der Waals surface area contributed by atoms with Crippen LogP contribution in [-0.4, -0.2) is 16.6 Å². The molecular formula is C13H19NO4. The minimum atomic E-state index is -0.473. The average Bonchev–Trinajstić information content (AvgIpc) is 2.33. The highest BCUT2D eigenvalue weighted by molar-refractivity contribution is 5.48. The number of aliphatic hydroxyl groups excluding tert-OH is 1. The Morgan fingerprint density at radius 1 is 1.44 bits per heavy atom. The van der Waals surface area contributed by atoms with Gasteiger partial charge in [0.1, 0.15) is 0 Å². The number of rotatable bonds is 7. The molecule has 100 valence electrons. The topological polar surface area (TPSA) is 72.6 Å². The lowest BCUT2D eigenvalue weighted by atomic mass is 10.1. The lowest BCUT2D eigenvalue weighted by molar-refractivity contribution is -0.385. The van der Waals surface area contributed by atoms with Crippen molar-refractivity contribution in [3.05, 3.63) is 33.9 Å². The molecule has 0 aliphatic carbocycles. The Labute approximate surface area is 107 Å². The third kappa shape index (κ3) is 4.33. The van der Waals surface area contributed by atoms with Gasteiger partial charge < -0.3 is 9.84 Å². The van der Waals surface area contributed by atoms with Crippen LogP contribution in [0.2, 0.25) is 0 Å². The molecule has 18 heavy (non-hydrogen) atoms. The molecule has 0 aromatic heterocycles. The Balaban J connectivity index is 2.69. The Hall–Kier alpha value is -1.62. The van der Waals surface area contributed by atoms with E-state index in [0.29, 0.717) is 18.1 Å². The van der Waals surface area contributed by atoms with Crippen LogP contribution >= 0.6 is 0 Å². The van der Waals surface area contributed by atoms with Crippen LogP contribution in [0, 0.1) is 16.0 Å². The summed E-state index contributed by atoms with van der Waals surface area (Å²) in [5.41, 5.74) is 0.552. The van der Waals surface area contributed by atoms with Crippen LogP contribution in [-0.2, 0) is 6.61 Å². The minimum absolute atomic E-state index is 0.0586. The smallest absolute Gasteiger partial charge is 0.310 e. The van der Waals surface area contributed by atoms with Crippen molar-refractivity contribution in [3.63, 3.8) is 0 Å². The van der Waals surface area contributed by atoms with Gasteiger partial charge in [0.2, 0.25) is 0 Å². The van der Waals surface area contributed by atoms with Gasteiger partial charge in [0.05, 0.1) is 18.1 Å². The number of aliphatic hydroxyl groups is 1. The first-order valence-corrected chi connectivity index (χ1v) is 6.05. The SMILES string of the molecule is CC(C)CCCOc1cc(CO)ccc1[N+](=O)[O-]. The molecule has 0 unspecified atom stereocenters. The molecule has 1 rings (SSSR count). The highest BCUT2D eigenvalue weighted by Crippen LogP contribution is 2.28. The van der Waals surface area contributed by atoms with E-state index in [9.17, 15) is 10.1 Å². The highest BCUT2D eigenvalue weighted by atomic mass is 16.6. The van der Waals surface area contributed by atoms with Gasteiger partial charge in [-0.3, -0.25) is 10.1 Å². The molecule has 0 atom stereocenters. The van der Waals surface area contributed by atoms with Crippen LogP contribution in [0.3, 0.4) is 0 Å². The van der Waals surface area contributed by atoms with E-state index in [4.69, 9.17) is 9.84 Å². The lowest BCUT2D eigenvalue weighted by Crippen LogP contribution is -2.02. The van der Waals surface area contributed by atoms with Gasteiger partial charge in [-0.1, -0.05) is 13.8 Å². The molecule has 0 bridgehead atoms. The summed E-state index contributed by atoms with van der Waals surface area (Å²) < 4.78 is 5.44. The molecule has 1 aromatic rings. The third-order valence-electron chi connectivity index (χ3n) is 2.59. The van der Waals surface area contributed by atoms with Gasteiger partial charge in [-0.2, -0.15) is 0 Å². The van der Waals surface area contributed by atoms with Crippen molar-refractivity contribution in [2.24, 2.45) is 5.92 Å². The molecule has 5 heteroatoms. The van der Waals surface area contributed by atoms with Crippen molar-refractivity contribution >= 4 is 5.69 Å². The molecule has 0 fully saturated rings. The van der Waals surface area contributed by atoms with Gasteiger partial charge in [0.25, 0.3) is 0 Å². The maximum absolute atomic E-state index is 10.8. The molecule has 0 saturated heterocycles. The molecule has 1 N–H and O–H groups in total. The molecule has 0 heterocycles. The summed E-state index contributed by atoms with van der Waals surface area (Å²) in [6.45, 7) is 4.54. The van der Waals surface area contributed by atoms with Crippen LogP contribution in [0.25, 0.3) is 0 Å². The summed E-state index contributed by atoms with van der Waals surface area (Å²) in [6, 6.07) is 4.41. The van der Waals surface area contributed by atoms with Crippen LogP contribution < -0.4 is 4.74 Å². The maximum atomic E-state index is 10.8. The maximum Gasteiger partial charge on any atom is 0.310 e. The largest absolute Gasteiger partial charge is 0.487 e. The van der Waals surface area contributed by atoms with Crippen LogP contribution in [0.1, 0.15) is 32.3 Å². The number of hydrogen-bond donors (Lipinski definition) is 1. The van der Waals surface area contributed by atoms with E-state index in [0.717, 1.165) is 12.8 Å². The zero-order valence-corrected chi connectivity index (χ0v) is 10.8. The average molecular weight is 253 g/mol. The number of nitro benzene ring substituents is 1. The fraction of sp³-hybridized carbons (Fsp3) is 0.538.